The lowest BCUT2D eigenvalue weighted by Crippen LogP contribution is -2.00. The second-order valence-electron chi connectivity index (χ2n) is 4.09. The van der Waals surface area contributed by atoms with Crippen molar-refractivity contribution < 1.29 is 14.9 Å². The van der Waals surface area contributed by atoms with Gasteiger partial charge in [-0.15, -0.1) is 11.3 Å². The molecule has 2 N–H and O–H groups in total. The van der Waals surface area contributed by atoms with Gasteiger partial charge in [0.05, 0.1) is 4.88 Å². The number of para-hydroxylation sites is 1. The molecule has 0 radical (unpaired) electrons. The van der Waals surface area contributed by atoms with Crippen LogP contribution in [0.4, 0.5) is 0 Å². The van der Waals surface area contributed by atoms with Crippen LogP contribution in [0.15, 0.2) is 35.7 Å². The maximum atomic E-state index is 9.04. The van der Waals surface area contributed by atoms with Gasteiger partial charge in [-0.2, -0.15) is 0 Å². The molecule has 0 bridgehead atoms. The molecule has 20 heavy (non-hydrogen) atoms. The van der Waals surface area contributed by atoms with Gasteiger partial charge < -0.3 is 14.9 Å². The van der Waals surface area contributed by atoms with E-state index in [0.717, 1.165) is 21.8 Å². The quantitative estimate of drug-likeness (QED) is 0.829. The van der Waals surface area contributed by atoms with Crippen LogP contribution in [0.5, 0.6) is 5.75 Å². The molecule has 2 rings (SSSR count). The van der Waals surface area contributed by atoms with Crippen LogP contribution in [0, 0.1) is 11.8 Å². The van der Waals surface area contributed by atoms with Gasteiger partial charge in [0, 0.05) is 12.2 Å². The standard InChI is InChI=1S/C16H16O3S/c17-9-3-5-14-8-11-20-16(14)12-19-15-6-2-1-4-13(15)7-10-18/h1-2,4,6,8,11,17-18H,7,9-10,12H2. The third-order valence-corrected chi connectivity index (χ3v) is 3.65. The first-order valence-corrected chi connectivity index (χ1v) is 7.20. The average Bonchev–Trinajstić information content (AvgIpc) is 2.92. The molecular formula is C16H16O3S. The molecule has 3 nitrogen and oxygen atoms in total. The number of benzene rings is 1. The highest BCUT2D eigenvalue weighted by Gasteiger charge is 2.06. The number of aliphatic hydroxyl groups excluding tert-OH is 2. The zero-order valence-corrected chi connectivity index (χ0v) is 11.8. The van der Waals surface area contributed by atoms with Crippen molar-refractivity contribution in [3.8, 4) is 17.6 Å². The molecule has 1 heterocycles. The lowest BCUT2D eigenvalue weighted by Gasteiger charge is -2.10. The Labute approximate surface area is 122 Å². The van der Waals surface area contributed by atoms with Gasteiger partial charge in [0.1, 0.15) is 19.0 Å². The van der Waals surface area contributed by atoms with Crippen molar-refractivity contribution in [3.05, 3.63) is 51.7 Å². The van der Waals surface area contributed by atoms with Crippen LogP contribution in [-0.2, 0) is 13.0 Å². The summed E-state index contributed by atoms with van der Waals surface area (Å²) >= 11 is 1.58. The summed E-state index contributed by atoms with van der Waals surface area (Å²) in [6.45, 7) is 0.400. The fourth-order valence-corrected chi connectivity index (χ4v) is 2.55. The Morgan fingerprint density at radius 1 is 1.15 bits per heavy atom. The van der Waals surface area contributed by atoms with E-state index in [-0.39, 0.29) is 13.2 Å². The summed E-state index contributed by atoms with van der Waals surface area (Å²) < 4.78 is 5.82. The Kier molecular flexibility index (Phi) is 5.63. The number of hydrogen-bond donors (Lipinski definition) is 2. The van der Waals surface area contributed by atoms with E-state index in [1.165, 1.54) is 0 Å². The van der Waals surface area contributed by atoms with Crippen molar-refractivity contribution in [1.29, 1.82) is 0 Å². The van der Waals surface area contributed by atoms with E-state index in [4.69, 9.17) is 14.9 Å². The van der Waals surface area contributed by atoms with Crippen LogP contribution in [0.25, 0.3) is 0 Å². The molecule has 0 amide bonds. The van der Waals surface area contributed by atoms with E-state index in [1.54, 1.807) is 11.3 Å². The zero-order valence-electron chi connectivity index (χ0n) is 11.0. The summed E-state index contributed by atoms with van der Waals surface area (Å²) in [5, 5.41) is 19.7. The minimum Gasteiger partial charge on any atom is -0.488 e. The van der Waals surface area contributed by atoms with E-state index in [9.17, 15) is 0 Å². The molecule has 0 fully saturated rings. The Morgan fingerprint density at radius 3 is 2.80 bits per heavy atom. The van der Waals surface area contributed by atoms with Crippen molar-refractivity contribution >= 4 is 11.3 Å². The summed E-state index contributed by atoms with van der Waals surface area (Å²) in [5.74, 6) is 6.34. The van der Waals surface area contributed by atoms with Crippen LogP contribution in [0.3, 0.4) is 0 Å². The predicted molar refractivity (Wildman–Crippen MR) is 79.8 cm³/mol. The lowest BCUT2D eigenvalue weighted by atomic mass is 10.1. The molecule has 0 aliphatic rings. The lowest BCUT2D eigenvalue weighted by molar-refractivity contribution is 0.285. The Hall–Kier alpha value is -1.80. The third-order valence-electron chi connectivity index (χ3n) is 2.76. The summed E-state index contributed by atoms with van der Waals surface area (Å²) in [5.41, 5.74) is 1.89. The molecule has 0 aliphatic heterocycles. The second-order valence-corrected chi connectivity index (χ2v) is 5.09. The average molecular weight is 288 g/mol. The summed E-state index contributed by atoms with van der Waals surface area (Å²) in [4.78, 5) is 1.03. The van der Waals surface area contributed by atoms with Crippen molar-refractivity contribution in [3.63, 3.8) is 0 Å². The summed E-state index contributed by atoms with van der Waals surface area (Å²) in [6, 6.07) is 9.62. The molecular weight excluding hydrogens is 272 g/mol. The van der Waals surface area contributed by atoms with Gasteiger partial charge >= 0.3 is 0 Å². The van der Waals surface area contributed by atoms with Gasteiger partial charge in [-0.25, -0.2) is 0 Å². The Bertz CT molecular complexity index is 607. The molecule has 0 saturated carbocycles. The van der Waals surface area contributed by atoms with E-state index in [0.29, 0.717) is 13.0 Å². The highest BCUT2D eigenvalue weighted by molar-refractivity contribution is 7.10. The molecule has 4 heteroatoms. The fourth-order valence-electron chi connectivity index (χ4n) is 1.81. The summed E-state index contributed by atoms with van der Waals surface area (Å²) in [7, 11) is 0. The van der Waals surface area contributed by atoms with Gasteiger partial charge in [-0.3, -0.25) is 0 Å². The van der Waals surface area contributed by atoms with Gasteiger partial charge in [-0.05, 0) is 29.5 Å². The van der Waals surface area contributed by atoms with E-state index in [2.05, 4.69) is 11.8 Å². The normalized spacial score (nSPS) is 9.90. The molecule has 0 aliphatic carbocycles. The van der Waals surface area contributed by atoms with Crippen LogP contribution in [0.2, 0.25) is 0 Å². The van der Waals surface area contributed by atoms with Crippen molar-refractivity contribution in [2.24, 2.45) is 0 Å². The molecule has 0 saturated heterocycles. The number of thiophene rings is 1. The van der Waals surface area contributed by atoms with Gasteiger partial charge in [0.25, 0.3) is 0 Å². The van der Waals surface area contributed by atoms with Crippen LogP contribution in [-0.4, -0.2) is 23.4 Å². The van der Waals surface area contributed by atoms with Gasteiger partial charge in [0.2, 0.25) is 0 Å². The molecule has 0 spiro atoms. The van der Waals surface area contributed by atoms with Crippen molar-refractivity contribution in [2.45, 2.75) is 13.0 Å². The van der Waals surface area contributed by atoms with Crippen molar-refractivity contribution in [1.82, 2.24) is 0 Å². The first-order chi connectivity index (χ1) is 9.85. The predicted octanol–water partition coefficient (Wildman–Crippen LogP) is 2.21. The molecule has 104 valence electrons. The topological polar surface area (TPSA) is 49.7 Å². The first-order valence-electron chi connectivity index (χ1n) is 6.33. The molecule has 2 aromatic rings. The SMILES string of the molecule is OCC#Cc1ccsc1COc1ccccc1CCO. The van der Waals surface area contributed by atoms with Gasteiger partial charge in [-0.1, -0.05) is 30.0 Å². The minimum absolute atomic E-state index is 0.104. The highest BCUT2D eigenvalue weighted by Crippen LogP contribution is 2.22. The number of rotatable bonds is 5. The number of ether oxygens (including phenoxy) is 1. The molecule has 0 unspecified atom stereocenters. The van der Waals surface area contributed by atoms with Crippen LogP contribution < -0.4 is 4.74 Å². The van der Waals surface area contributed by atoms with Gasteiger partial charge in [0.15, 0.2) is 0 Å². The number of aliphatic hydroxyl groups is 2. The molecule has 1 aromatic carbocycles. The van der Waals surface area contributed by atoms with Crippen molar-refractivity contribution in [2.75, 3.05) is 13.2 Å². The summed E-state index contributed by atoms with van der Waals surface area (Å²) in [6.07, 6.45) is 0.581. The monoisotopic (exact) mass is 288 g/mol. The molecule has 0 atom stereocenters. The Morgan fingerprint density at radius 2 is 2.00 bits per heavy atom. The second kappa shape index (κ2) is 7.71. The molecule has 1 aromatic heterocycles. The highest BCUT2D eigenvalue weighted by atomic mass is 32.1. The third kappa shape index (κ3) is 3.84. The largest absolute Gasteiger partial charge is 0.488 e. The Balaban J connectivity index is 2.07. The zero-order chi connectivity index (χ0) is 14.2. The van der Waals surface area contributed by atoms with Crippen LogP contribution >= 0.6 is 11.3 Å². The first kappa shape index (κ1) is 14.6. The van der Waals surface area contributed by atoms with E-state index in [1.807, 2.05) is 35.7 Å². The van der Waals surface area contributed by atoms with Crippen LogP contribution in [0.1, 0.15) is 16.0 Å². The maximum Gasteiger partial charge on any atom is 0.124 e. The van der Waals surface area contributed by atoms with E-state index >= 15 is 0 Å². The fraction of sp³-hybridized carbons (Fsp3) is 0.250. The van der Waals surface area contributed by atoms with E-state index < -0.39 is 0 Å². The maximum absolute atomic E-state index is 9.04. The number of hydrogen-bond acceptors (Lipinski definition) is 4. The smallest absolute Gasteiger partial charge is 0.124 e. The minimum atomic E-state index is -0.143.